The van der Waals surface area contributed by atoms with E-state index in [-0.39, 0.29) is 28.5 Å². The van der Waals surface area contributed by atoms with Gasteiger partial charge in [-0.2, -0.15) is 20.8 Å². The van der Waals surface area contributed by atoms with Crippen LogP contribution in [0.4, 0.5) is 0 Å². The van der Waals surface area contributed by atoms with Gasteiger partial charge in [0.15, 0.2) is 0 Å². The van der Waals surface area contributed by atoms with Crippen molar-refractivity contribution in [2.24, 2.45) is 0 Å². The molecule has 0 aromatic rings. The number of nitrogens with two attached hydrogens (primary N) is 1. The zero-order chi connectivity index (χ0) is 16.4. The minimum Gasteiger partial charge on any atom is -0.693 e. The first kappa shape index (κ1) is 36.9. The van der Waals surface area contributed by atoms with E-state index in [0.717, 1.165) is 0 Å². The fourth-order valence-electron chi connectivity index (χ4n) is 0. The molecule has 124 valence electrons. The van der Waals surface area contributed by atoms with E-state index in [1.54, 1.807) is 20.8 Å². The third kappa shape index (κ3) is 214. The molecule has 0 fully saturated rings. The van der Waals surface area contributed by atoms with E-state index >= 15 is 0 Å². The zero-order valence-corrected chi connectivity index (χ0v) is 16.1. The standard InChI is InChI=1S/C4H9.3C3H7NO.H2N.Nb/c1-4(2)3;3*1-2-3(4)5;;/h1-3H3;3*2H2,1H3,(H2,4,5);1H2;/q-1;;;;-1;+5/p-3. The second-order valence-corrected chi connectivity index (χ2v) is 3.83. The third-order valence-corrected chi connectivity index (χ3v) is 0.963. The summed E-state index contributed by atoms with van der Waals surface area (Å²) < 4.78 is 0. The van der Waals surface area contributed by atoms with Crippen molar-refractivity contribution in [2.75, 3.05) is 0 Å². The molecule has 0 atom stereocenters. The van der Waals surface area contributed by atoms with E-state index < -0.39 is 17.7 Å². The third-order valence-electron chi connectivity index (χ3n) is 0.963. The Morgan fingerprint density at radius 1 is 0.714 bits per heavy atom. The number of amides is 3. The van der Waals surface area contributed by atoms with Crippen molar-refractivity contribution in [1.29, 1.82) is 0 Å². The summed E-state index contributed by atoms with van der Waals surface area (Å²) in [4.78, 5) is 28.4. The van der Waals surface area contributed by atoms with Gasteiger partial charge >= 0.3 is 22.4 Å². The summed E-state index contributed by atoms with van der Waals surface area (Å²) in [5.74, 6) is -0.0694. The predicted octanol–water partition coefficient (Wildman–Crippen LogP) is 5.26. The first-order valence-electron chi connectivity index (χ1n) is 6.04. The molecule has 0 radical (unpaired) electrons. The summed E-state index contributed by atoms with van der Waals surface area (Å²) >= 11 is 0. The van der Waals surface area contributed by atoms with Crippen LogP contribution in [0.3, 0.4) is 0 Å². The van der Waals surface area contributed by atoms with Crippen molar-refractivity contribution in [1.82, 2.24) is 0 Å². The molecule has 0 aromatic carbocycles. The summed E-state index contributed by atoms with van der Waals surface area (Å²) in [5.41, 5.74) is 18.6. The molecular weight excluding hydrogens is 353 g/mol. The van der Waals surface area contributed by atoms with Crippen LogP contribution in [0.15, 0.2) is 0 Å². The number of nitrogens with one attached hydrogen (secondary N) is 3. The fourth-order valence-corrected chi connectivity index (χ4v) is 0. The zero-order valence-electron chi connectivity index (χ0n) is 13.9. The van der Waals surface area contributed by atoms with E-state index in [1.165, 1.54) is 5.92 Å². The van der Waals surface area contributed by atoms with Crippen LogP contribution in [0.25, 0.3) is 23.4 Å². The van der Waals surface area contributed by atoms with Gasteiger partial charge in [0.05, 0.1) is 0 Å². The monoisotopic (exact) mass is 382 g/mol. The molecule has 0 spiro atoms. The summed E-state index contributed by atoms with van der Waals surface area (Å²) in [6.07, 6.45) is 1.000. The Hall–Kier alpha value is -0.890. The average Bonchev–Trinajstić information content (AvgIpc) is 2.29. The Bertz CT molecular complexity index is 201. The van der Waals surface area contributed by atoms with Crippen molar-refractivity contribution in [3.63, 3.8) is 0 Å². The van der Waals surface area contributed by atoms with Crippen LogP contribution in [0.2, 0.25) is 0 Å². The Morgan fingerprint density at radius 2 is 0.762 bits per heavy atom. The van der Waals surface area contributed by atoms with Crippen LogP contribution < -0.4 is 0 Å². The quantitative estimate of drug-likeness (QED) is 0.482. The molecular formula is C13H29N4NbO3. The van der Waals surface area contributed by atoms with Gasteiger partial charge in [-0.25, -0.2) is 0 Å². The molecule has 0 saturated carbocycles. The van der Waals surface area contributed by atoms with Gasteiger partial charge in [-0.3, -0.25) is 0 Å². The van der Waals surface area contributed by atoms with Crippen LogP contribution in [-0.2, 0) is 36.8 Å². The number of carbonyl (C=O) groups excluding carboxylic acids is 3. The first-order chi connectivity index (χ1) is 8.54. The maximum Gasteiger partial charge on any atom is 5.00 e. The van der Waals surface area contributed by atoms with Crippen LogP contribution in [0.5, 0.6) is 0 Å². The SMILES string of the molecule is CCC([NH-])=O.CCC([NH-])=O.CCC([NH-])=O.C[C-](C)C.[NH2-].[Nb+5]. The Balaban J connectivity index is -0.0000000347. The second-order valence-electron chi connectivity index (χ2n) is 3.83. The molecule has 0 bridgehead atoms. The summed E-state index contributed by atoms with van der Waals surface area (Å²) in [6, 6.07) is 0. The molecule has 0 saturated heterocycles. The molecule has 0 rings (SSSR count). The fraction of sp³-hybridized carbons (Fsp3) is 0.692. The molecule has 7 nitrogen and oxygen atoms in total. The average molecular weight is 382 g/mol. The van der Waals surface area contributed by atoms with Crippen molar-refractivity contribution in [3.8, 4) is 0 Å². The minimum absolute atomic E-state index is 0. The maximum absolute atomic E-state index is 9.48. The van der Waals surface area contributed by atoms with E-state index in [9.17, 15) is 14.4 Å². The van der Waals surface area contributed by atoms with Gasteiger partial charge in [0.1, 0.15) is 0 Å². The molecule has 8 heteroatoms. The molecule has 0 unspecified atom stereocenters. The summed E-state index contributed by atoms with van der Waals surface area (Å²) in [6.45, 7) is 11.2. The van der Waals surface area contributed by atoms with Crippen molar-refractivity contribution < 1.29 is 36.8 Å². The van der Waals surface area contributed by atoms with E-state index in [0.29, 0.717) is 19.3 Å². The molecule has 3 amide bonds. The van der Waals surface area contributed by atoms with Crippen molar-refractivity contribution in [3.05, 3.63) is 29.3 Å². The van der Waals surface area contributed by atoms with E-state index in [1.807, 2.05) is 0 Å². The van der Waals surface area contributed by atoms with Gasteiger partial charge in [-0.1, -0.05) is 20.8 Å². The number of carbonyl (C=O) groups is 3. The molecule has 0 aliphatic rings. The summed E-state index contributed by atoms with van der Waals surface area (Å²) in [7, 11) is 0. The molecule has 0 aromatic heterocycles. The Labute approximate surface area is 144 Å². The molecule has 0 aliphatic carbocycles. The molecule has 21 heavy (non-hydrogen) atoms. The van der Waals surface area contributed by atoms with Gasteiger partial charge in [-0.15, -0.1) is 0 Å². The Kier molecular flexibility index (Phi) is 55.3. The van der Waals surface area contributed by atoms with Crippen molar-refractivity contribution in [2.45, 2.75) is 60.8 Å². The second kappa shape index (κ2) is 31.5. The van der Waals surface area contributed by atoms with Crippen molar-refractivity contribution >= 4 is 17.7 Å². The van der Waals surface area contributed by atoms with Gasteiger partial charge in [0, 0.05) is 17.7 Å². The van der Waals surface area contributed by atoms with Gasteiger partial charge < -0.3 is 43.7 Å². The maximum atomic E-state index is 9.48. The topological polar surface area (TPSA) is 156 Å². The minimum atomic E-state index is -0.495. The van der Waals surface area contributed by atoms with E-state index in [4.69, 9.17) is 17.2 Å². The van der Waals surface area contributed by atoms with Gasteiger partial charge in [0.2, 0.25) is 0 Å². The van der Waals surface area contributed by atoms with Gasteiger partial charge in [0.25, 0.3) is 0 Å². The van der Waals surface area contributed by atoms with Crippen LogP contribution in [0, 0.1) is 5.92 Å². The normalized spacial score (nSPS) is 7.00. The first-order valence-corrected chi connectivity index (χ1v) is 6.04. The molecule has 0 heterocycles. The number of rotatable bonds is 3. The van der Waals surface area contributed by atoms with E-state index in [2.05, 4.69) is 20.8 Å². The van der Waals surface area contributed by atoms with Gasteiger partial charge in [-0.05, 0) is 19.3 Å². The molecule has 0 aliphatic heterocycles. The molecule has 5 N–H and O–H groups in total. The van der Waals surface area contributed by atoms with Crippen LogP contribution >= 0.6 is 0 Å². The number of hydrogen-bond acceptors (Lipinski definition) is 3. The number of hydrogen-bond donors (Lipinski definition) is 0. The predicted molar refractivity (Wildman–Crippen MR) is 84.4 cm³/mol. The van der Waals surface area contributed by atoms with Crippen LogP contribution in [0.1, 0.15) is 60.8 Å². The van der Waals surface area contributed by atoms with Crippen LogP contribution in [-0.4, -0.2) is 17.7 Å². The largest absolute Gasteiger partial charge is 5.00 e. The Morgan fingerprint density at radius 3 is 0.762 bits per heavy atom. The summed E-state index contributed by atoms with van der Waals surface area (Å²) in [5, 5.41) is 0. The smallest absolute Gasteiger partial charge is 0.693 e.